The fraction of sp³-hybridized carbons (Fsp3) is 0.500. The lowest BCUT2D eigenvalue weighted by molar-refractivity contribution is -0.141. The van der Waals surface area contributed by atoms with E-state index in [1.807, 2.05) is 24.4 Å². The predicted octanol–water partition coefficient (Wildman–Crippen LogP) is 2.78. The summed E-state index contributed by atoms with van der Waals surface area (Å²) >= 11 is 0. The van der Waals surface area contributed by atoms with Gasteiger partial charge in [0.15, 0.2) is 0 Å². The molecular formula is C18H21F3N4O3. The molecule has 0 aliphatic carbocycles. The van der Waals surface area contributed by atoms with Gasteiger partial charge in [0.25, 0.3) is 0 Å². The molecule has 1 unspecified atom stereocenters. The van der Waals surface area contributed by atoms with Gasteiger partial charge in [-0.3, -0.25) is 9.69 Å². The molecule has 1 aromatic carbocycles. The van der Waals surface area contributed by atoms with Crippen molar-refractivity contribution in [3.8, 4) is 17.1 Å². The van der Waals surface area contributed by atoms with Crippen molar-refractivity contribution in [3.05, 3.63) is 30.2 Å². The van der Waals surface area contributed by atoms with E-state index < -0.39 is 24.7 Å². The number of halogens is 3. The number of benzene rings is 1. The van der Waals surface area contributed by atoms with Crippen LogP contribution in [0.4, 0.5) is 13.2 Å². The number of carbonyl (C=O) groups is 1. The largest absolute Gasteiger partial charge is 0.494 e. The van der Waals surface area contributed by atoms with Gasteiger partial charge >= 0.3 is 6.18 Å². The Bertz CT molecular complexity index is 792. The van der Waals surface area contributed by atoms with Crippen molar-refractivity contribution in [2.75, 3.05) is 19.7 Å². The second kappa shape index (κ2) is 8.59. The summed E-state index contributed by atoms with van der Waals surface area (Å²) < 4.78 is 47.6. The first kappa shape index (κ1) is 20.1. The van der Waals surface area contributed by atoms with Crippen LogP contribution < -0.4 is 10.1 Å². The molecule has 1 atom stereocenters. The zero-order valence-corrected chi connectivity index (χ0v) is 15.3. The van der Waals surface area contributed by atoms with Crippen molar-refractivity contribution in [1.29, 1.82) is 0 Å². The number of likely N-dealkylation sites (tertiary alicyclic amines) is 1. The van der Waals surface area contributed by atoms with E-state index in [2.05, 4.69) is 10.1 Å². The maximum Gasteiger partial charge on any atom is 0.405 e. The van der Waals surface area contributed by atoms with E-state index in [4.69, 9.17) is 9.26 Å². The molecule has 152 valence electrons. The highest BCUT2D eigenvalue weighted by Crippen LogP contribution is 2.23. The van der Waals surface area contributed by atoms with Gasteiger partial charge in [0, 0.05) is 5.56 Å². The lowest BCUT2D eigenvalue weighted by Gasteiger charge is -2.22. The van der Waals surface area contributed by atoms with Gasteiger partial charge in [-0.25, -0.2) is 0 Å². The average Bonchev–Trinajstić information content (AvgIpc) is 3.30. The first-order chi connectivity index (χ1) is 13.4. The van der Waals surface area contributed by atoms with Crippen LogP contribution in [0.1, 0.15) is 25.7 Å². The molecule has 10 heteroatoms. The standard InChI is InChI=1S/C18H21F3N4O3/c1-2-27-13-7-5-12(6-8-13)16-23-15(28-24-16)10-25-9-3-4-14(25)17(26)22-11-18(19,20)21/h5-8,14H,2-4,9-11H2,1H3,(H,22,26). The molecule has 3 rings (SSSR count). The molecule has 1 aliphatic heterocycles. The van der Waals surface area contributed by atoms with E-state index in [0.717, 1.165) is 11.3 Å². The Morgan fingerprint density at radius 3 is 2.79 bits per heavy atom. The van der Waals surface area contributed by atoms with Gasteiger partial charge in [-0.05, 0) is 50.6 Å². The van der Waals surface area contributed by atoms with E-state index >= 15 is 0 Å². The third-order valence-corrected chi connectivity index (χ3v) is 4.36. The molecule has 0 saturated carbocycles. The molecule has 0 spiro atoms. The Morgan fingerprint density at radius 2 is 2.11 bits per heavy atom. The van der Waals surface area contributed by atoms with Crippen LogP contribution in [0.2, 0.25) is 0 Å². The molecule has 1 aliphatic rings. The highest BCUT2D eigenvalue weighted by atomic mass is 19.4. The van der Waals surface area contributed by atoms with E-state index in [1.54, 1.807) is 17.0 Å². The van der Waals surface area contributed by atoms with Crippen molar-refractivity contribution in [3.63, 3.8) is 0 Å². The molecule has 0 radical (unpaired) electrons. The molecule has 2 aromatic rings. The normalized spacial score (nSPS) is 17.6. The second-order valence-electron chi connectivity index (χ2n) is 6.43. The highest BCUT2D eigenvalue weighted by Gasteiger charge is 2.34. The summed E-state index contributed by atoms with van der Waals surface area (Å²) in [6, 6.07) is 6.58. The quantitative estimate of drug-likeness (QED) is 0.773. The van der Waals surface area contributed by atoms with Crippen LogP contribution in [0.15, 0.2) is 28.8 Å². The van der Waals surface area contributed by atoms with Gasteiger partial charge in [-0.2, -0.15) is 18.2 Å². The Labute approximate surface area is 159 Å². The molecule has 1 aromatic heterocycles. The summed E-state index contributed by atoms with van der Waals surface area (Å²) in [6.45, 7) is 1.91. The van der Waals surface area contributed by atoms with Gasteiger partial charge < -0.3 is 14.6 Å². The minimum Gasteiger partial charge on any atom is -0.494 e. The van der Waals surface area contributed by atoms with Crippen molar-refractivity contribution in [1.82, 2.24) is 20.4 Å². The molecule has 2 heterocycles. The monoisotopic (exact) mass is 398 g/mol. The Kier molecular flexibility index (Phi) is 6.18. The van der Waals surface area contributed by atoms with Gasteiger partial charge in [-0.1, -0.05) is 5.16 Å². The third-order valence-electron chi connectivity index (χ3n) is 4.36. The number of alkyl halides is 3. The van der Waals surface area contributed by atoms with E-state index in [9.17, 15) is 18.0 Å². The summed E-state index contributed by atoms with van der Waals surface area (Å²) in [4.78, 5) is 18.2. The van der Waals surface area contributed by atoms with Crippen molar-refractivity contribution in [2.24, 2.45) is 0 Å². The molecule has 0 bridgehead atoms. The number of amides is 1. The number of nitrogens with one attached hydrogen (secondary N) is 1. The fourth-order valence-corrected chi connectivity index (χ4v) is 3.09. The SMILES string of the molecule is CCOc1ccc(-c2noc(CN3CCCC3C(=O)NCC(F)(F)F)n2)cc1. The van der Waals surface area contributed by atoms with Crippen molar-refractivity contribution in [2.45, 2.75) is 38.5 Å². The predicted molar refractivity (Wildman–Crippen MR) is 93.4 cm³/mol. The molecule has 1 fully saturated rings. The van der Waals surface area contributed by atoms with Gasteiger partial charge in [0.1, 0.15) is 12.3 Å². The van der Waals surface area contributed by atoms with Crippen LogP contribution in [-0.4, -0.2) is 52.9 Å². The van der Waals surface area contributed by atoms with Gasteiger partial charge in [0.05, 0.1) is 19.2 Å². The zero-order chi connectivity index (χ0) is 20.1. The number of carbonyl (C=O) groups excluding carboxylic acids is 1. The summed E-state index contributed by atoms with van der Waals surface area (Å²) in [5, 5.41) is 5.88. The number of nitrogens with zero attached hydrogens (tertiary/aromatic N) is 3. The van der Waals surface area contributed by atoms with Crippen LogP contribution in [-0.2, 0) is 11.3 Å². The fourth-order valence-electron chi connectivity index (χ4n) is 3.09. The topological polar surface area (TPSA) is 80.5 Å². The van der Waals surface area contributed by atoms with E-state index in [-0.39, 0.29) is 6.54 Å². The summed E-state index contributed by atoms with van der Waals surface area (Å²) in [6.07, 6.45) is -3.23. The molecule has 1 amide bonds. The number of aromatic nitrogens is 2. The van der Waals surface area contributed by atoms with E-state index in [1.165, 1.54) is 0 Å². The lowest BCUT2D eigenvalue weighted by atomic mass is 10.2. The molecule has 1 saturated heterocycles. The number of rotatable bonds is 7. The Hall–Kier alpha value is -2.62. The Morgan fingerprint density at radius 1 is 1.36 bits per heavy atom. The molecule has 28 heavy (non-hydrogen) atoms. The van der Waals surface area contributed by atoms with Crippen LogP contribution in [0.3, 0.4) is 0 Å². The van der Waals surface area contributed by atoms with Crippen LogP contribution in [0.25, 0.3) is 11.4 Å². The number of hydrogen-bond donors (Lipinski definition) is 1. The number of hydrogen-bond acceptors (Lipinski definition) is 6. The molecule has 1 N–H and O–H groups in total. The van der Waals surface area contributed by atoms with E-state index in [0.29, 0.717) is 37.7 Å². The lowest BCUT2D eigenvalue weighted by Crippen LogP contribution is -2.45. The average molecular weight is 398 g/mol. The maximum absolute atomic E-state index is 12.3. The second-order valence-corrected chi connectivity index (χ2v) is 6.43. The third kappa shape index (κ3) is 5.22. The molecular weight excluding hydrogens is 377 g/mol. The van der Waals surface area contributed by atoms with Crippen molar-refractivity contribution >= 4 is 5.91 Å². The minimum absolute atomic E-state index is 0.203. The summed E-state index contributed by atoms with van der Waals surface area (Å²) in [5.74, 6) is 0.801. The van der Waals surface area contributed by atoms with Crippen LogP contribution in [0, 0.1) is 0 Å². The van der Waals surface area contributed by atoms with Crippen LogP contribution >= 0.6 is 0 Å². The van der Waals surface area contributed by atoms with Crippen molar-refractivity contribution < 1.29 is 27.2 Å². The zero-order valence-electron chi connectivity index (χ0n) is 15.3. The van der Waals surface area contributed by atoms with Gasteiger partial charge in [-0.15, -0.1) is 0 Å². The smallest absolute Gasteiger partial charge is 0.405 e. The highest BCUT2D eigenvalue weighted by molar-refractivity contribution is 5.82. The molecule has 7 nitrogen and oxygen atoms in total. The van der Waals surface area contributed by atoms with Gasteiger partial charge in [0.2, 0.25) is 17.6 Å². The maximum atomic E-state index is 12.3. The first-order valence-electron chi connectivity index (χ1n) is 9.00. The summed E-state index contributed by atoms with van der Waals surface area (Å²) in [5.41, 5.74) is 0.749. The van der Waals surface area contributed by atoms with Crippen LogP contribution in [0.5, 0.6) is 5.75 Å². The minimum atomic E-state index is -4.43. The number of ether oxygens (including phenoxy) is 1. The first-order valence-corrected chi connectivity index (χ1v) is 9.00. The summed E-state index contributed by atoms with van der Waals surface area (Å²) in [7, 11) is 0. The Balaban J connectivity index is 1.61.